The highest BCUT2D eigenvalue weighted by Crippen LogP contribution is 2.29. The Balaban J connectivity index is 2.49. The molecule has 0 aliphatic carbocycles. The van der Waals surface area contributed by atoms with Crippen LogP contribution in [0.5, 0.6) is 11.5 Å². The van der Waals surface area contributed by atoms with Crippen molar-refractivity contribution >= 4 is 6.29 Å². The molecule has 86 valence electrons. The Bertz CT molecular complexity index is 574. The number of aldehydes is 1. The normalized spacial score (nSPS) is 10.2. The maximum atomic E-state index is 10.6. The molecule has 0 aliphatic rings. The summed E-state index contributed by atoms with van der Waals surface area (Å²) in [7, 11) is 0. The van der Waals surface area contributed by atoms with E-state index in [2.05, 4.69) is 0 Å². The SMILES string of the molecule is Cc1ccc(-c2ccc(C=O)c(O)c2)cc1O. The van der Waals surface area contributed by atoms with Gasteiger partial charge in [-0.15, -0.1) is 0 Å². The zero-order valence-electron chi connectivity index (χ0n) is 9.34. The molecule has 3 nitrogen and oxygen atoms in total. The van der Waals surface area contributed by atoms with Crippen LogP contribution in [0, 0.1) is 6.92 Å². The van der Waals surface area contributed by atoms with Gasteiger partial charge in [0, 0.05) is 0 Å². The van der Waals surface area contributed by atoms with E-state index in [1.807, 2.05) is 13.0 Å². The monoisotopic (exact) mass is 228 g/mol. The van der Waals surface area contributed by atoms with Crippen LogP contribution in [0.1, 0.15) is 15.9 Å². The molecule has 0 spiro atoms. The lowest BCUT2D eigenvalue weighted by Crippen LogP contribution is -1.84. The Morgan fingerprint density at radius 1 is 0.941 bits per heavy atom. The van der Waals surface area contributed by atoms with Gasteiger partial charge >= 0.3 is 0 Å². The quantitative estimate of drug-likeness (QED) is 0.777. The lowest BCUT2D eigenvalue weighted by molar-refractivity contribution is 0.112. The molecule has 0 unspecified atom stereocenters. The molecule has 0 heterocycles. The van der Waals surface area contributed by atoms with Crippen LogP contribution in [0.4, 0.5) is 0 Å². The summed E-state index contributed by atoms with van der Waals surface area (Å²) >= 11 is 0. The number of carbonyl (C=O) groups excluding carboxylic acids is 1. The molecule has 0 aliphatic heterocycles. The second-order valence-corrected chi connectivity index (χ2v) is 3.89. The molecule has 2 aromatic carbocycles. The smallest absolute Gasteiger partial charge is 0.153 e. The zero-order valence-corrected chi connectivity index (χ0v) is 9.34. The summed E-state index contributed by atoms with van der Waals surface area (Å²) in [5.74, 6) is 0.152. The summed E-state index contributed by atoms with van der Waals surface area (Å²) in [6.07, 6.45) is 0.603. The minimum Gasteiger partial charge on any atom is -0.508 e. The maximum Gasteiger partial charge on any atom is 0.153 e. The predicted octanol–water partition coefficient (Wildman–Crippen LogP) is 2.89. The number of hydrogen-bond acceptors (Lipinski definition) is 3. The van der Waals surface area contributed by atoms with Crippen LogP contribution in [0.2, 0.25) is 0 Å². The Kier molecular flexibility index (Phi) is 2.83. The molecular formula is C14H12O3. The number of aryl methyl sites for hydroxylation is 1. The van der Waals surface area contributed by atoms with E-state index >= 15 is 0 Å². The highest BCUT2D eigenvalue weighted by atomic mass is 16.3. The van der Waals surface area contributed by atoms with E-state index in [-0.39, 0.29) is 17.1 Å². The molecule has 0 fully saturated rings. The summed E-state index contributed by atoms with van der Waals surface area (Å²) in [5.41, 5.74) is 2.59. The molecule has 2 rings (SSSR count). The van der Waals surface area contributed by atoms with Gasteiger partial charge in [-0.1, -0.05) is 18.2 Å². The van der Waals surface area contributed by atoms with Crippen molar-refractivity contribution in [1.82, 2.24) is 0 Å². The lowest BCUT2D eigenvalue weighted by Gasteiger charge is -2.06. The summed E-state index contributed by atoms with van der Waals surface area (Å²) in [4.78, 5) is 10.6. The van der Waals surface area contributed by atoms with Crippen molar-refractivity contribution in [3.05, 3.63) is 47.5 Å². The lowest BCUT2D eigenvalue weighted by atomic mass is 10.0. The third-order valence-corrected chi connectivity index (χ3v) is 2.70. The molecule has 0 aromatic heterocycles. The number of carbonyl (C=O) groups is 1. The van der Waals surface area contributed by atoms with E-state index in [0.717, 1.165) is 16.7 Å². The van der Waals surface area contributed by atoms with Crippen molar-refractivity contribution in [3.63, 3.8) is 0 Å². The van der Waals surface area contributed by atoms with Gasteiger partial charge in [-0.25, -0.2) is 0 Å². The van der Waals surface area contributed by atoms with Crippen molar-refractivity contribution in [2.45, 2.75) is 6.92 Å². The molecule has 0 saturated carbocycles. The zero-order chi connectivity index (χ0) is 12.4. The van der Waals surface area contributed by atoms with Crippen LogP contribution in [-0.2, 0) is 0 Å². The summed E-state index contributed by atoms with van der Waals surface area (Å²) in [5, 5.41) is 19.2. The van der Waals surface area contributed by atoms with Gasteiger partial charge in [-0.3, -0.25) is 4.79 Å². The minimum atomic E-state index is -0.0578. The maximum absolute atomic E-state index is 10.6. The Labute approximate surface area is 99.0 Å². The Hall–Kier alpha value is -2.29. The second kappa shape index (κ2) is 4.29. The van der Waals surface area contributed by atoms with Crippen molar-refractivity contribution < 1.29 is 15.0 Å². The van der Waals surface area contributed by atoms with Gasteiger partial charge in [0.1, 0.15) is 11.5 Å². The fourth-order valence-electron chi connectivity index (χ4n) is 1.61. The average Bonchev–Trinajstić information content (AvgIpc) is 2.32. The number of phenols is 2. The fourth-order valence-corrected chi connectivity index (χ4v) is 1.61. The Morgan fingerprint density at radius 2 is 1.53 bits per heavy atom. The van der Waals surface area contributed by atoms with Crippen LogP contribution in [-0.4, -0.2) is 16.5 Å². The van der Waals surface area contributed by atoms with Crippen LogP contribution < -0.4 is 0 Å². The van der Waals surface area contributed by atoms with Crippen LogP contribution >= 0.6 is 0 Å². The molecule has 17 heavy (non-hydrogen) atoms. The molecule has 0 radical (unpaired) electrons. The summed E-state index contributed by atoms with van der Waals surface area (Å²) in [6.45, 7) is 1.81. The van der Waals surface area contributed by atoms with Crippen molar-refractivity contribution in [2.75, 3.05) is 0 Å². The van der Waals surface area contributed by atoms with Crippen molar-refractivity contribution in [1.29, 1.82) is 0 Å². The van der Waals surface area contributed by atoms with Gasteiger partial charge in [-0.05, 0) is 41.8 Å². The highest BCUT2D eigenvalue weighted by Gasteiger charge is 2.05. The number of hydrogen-bond donors (Lipinski definition) is 2. The van der Waals surface area contributed by atoms with Crippen molar-refractivity contribution in [2.24, 2.45) is 0 Å². The molecule has 3 heteroatoms. The van der Waals surface area contributed by atoms with Gasteiger partial charge in [-0.2, -0.15) is 0 Å². The van der Waals surface area contributed by atoms with Gasteiger partial charge in [0.25, 0.3) is 0 Å². The molecule has 2 N–H and O–H groups in total. The molecule has 0 saturated heterocycles. The molecule has 0 atom stereocenters. The minimum absolute atomic E-state index is 0.0578. The van der Waals surface area contributed by atoms with E-state index < -0.39 is 0 Å². The Morgan fingerprint density at radius 3 is 2.06 bits per heavy atom. The third-order valence-electron chi connectivity index (χ3n) is 2.70. The largest absolute Gasteiger partial charge is 0.508 e. The molecular weight excluding hydrogens is 216 g/mol. The molecule has 0 bridgehead atoms. The highest BCUT2D eigenvalue weighted by molar-refractivity contribution is 5.81. The number of phenolic OH excluding ortho intramolecular Hbond substituents is 2. The first-order valence-electron chi connectivity index (χ1n) is 5.20. The van der Waals surface area contributed by atoms with E-state index in [0.29, 0.717) is 6.29 Å². The van der Waals surface area contributed by atoms with Gasteiger partial charge in [0.05, 0.1) is 5.56 Å². The number of benzene rings is 2. The van der Waals surface area contributed by atoms with E-state index in [1.165, 1.54) is 6.07 Å². The van der Waals surface area contributed by atoms with E-state index in [1.54, 1.807) is 24.3 Å². The van der Waals surface area contributed by atoms with Crippen LogP contribution in [0.25, 0.3) is 11.1 Å². The first-order valence-corrected chi connectivity index (χ1v) is 5.20. The molecule has 0 amide bonds. The first kappa shape index (κ1) is 11.2. The summed E-state index contributed by atoms with van der Waals surface area (Å²) in [6, 6.07) is 10.1. The number of rotatable bonds is 2. The van der Waals surface area contributed by atoms with E-state index in [4.69, 9.17) is 0 Å². The molecule has 2 aromatic rings. The van der Waals surface area contributed by atoms with Gasteiger partial charge in [0.2, 0.25) is 0 Å². The fraction of sp³-hybridized carbons (Fsp3) is 0.0714. The number of aromatic hydroxyl groups is 2. The standard InChI is InChI=1S/C14H12O3/c1-9-2-3-10(6-13(9)16)11-4-5-12(8-15)14(17)7-11/h2-8,16-17H,1H3. The van der Waals surface area contributed by atoms with Gasteiger partial charge < -0.3 is 10.2 Å². The topological polar surface area (TPSA) is 57.5 Å². The first-order chi connectivity index (χ1) is 8.11. The average molecular weight is 228 g/mol. The predicted molar refractivity (Wildman–Crippen MR) is 65.3 cm³/mol. The van der Waals surface area contributed by atoms with Gasteiger partial charge in [0.15, 0.2) is 6.29 Å². The van der Waals surface area contributed by atoms with Crippen LogP contribution in [0.3, 0.4) is 0 Å². The third kappa shape index (κ3) is 2.13. The second-order valence-electron chi connectivity index (χ2n) is 3.89. The van der Waals surface area contributed by atoms with Crippen molar-refractivity contribution in [3.8, 4) is 22.6 Å². The van der Waals surface area contributed by atoms with E-state index in [9.17, 15) is 15.0 Å². The summed E-state index contributed by atoms with van der Waals surface area (Å²) < 4.78 is 0. The van der Waals surface area contributed by atoms with Crippen LogP contribution in [0.15, 0.2) is 36.4 Å².